The van der Waals surface area contributed by atoms with Crippen LogP contribution in [0, 0.1) is 0 Å². The van der Waals surface area contributed by atoms with Crippen LogP contribution in [0.5, 0.6) is 5.75 Å². The molecule has 0 spiro atoms. The summed E-state index contributed by atoms with van der Waals surface area (Å²) in [6, 6.07) is 7.31. The monoisotopic (exact) mass is 269 g/mol. The quantitative estimate of drug-likeness (QED) is 0.758. The molecule has 106 valence electrons. The summed E-state index contributed by atoms with van der Waals surface area (Å²) in [6.45, 7) is -0.0272. The minimum Gasteiger partial charge on any atom is -0.496 e. The summed E-state index contributed by atoms with van der Waals surface area (Å²) < 4.78 is 10.0. The molecule has 19 heavy (non-hydrogen) atoms. The first-order chi connectivity index (χ1) is 9.22. The number of hydrogen-bond donors (Lipinski definition) is 2. The fourth-order valence-corrected chi connectivity index (χ4v) is 1.62. The van der Waals surface area contributed by atoms with E-state index < -0.39 is 6.09 Å². The van der Waals surface area contributed by atoms with E-state index in [4.69, 9.17) is 19.7 Å². The van der Waals surface area contributed by atoms with E-state index in [1.54, 1.807) is 13.2 Å². The van der Waals surface area contributed by atoms with Crippen molar-refractivity contribution in [2.45, 2.75) is 6.54 Å². The topological polar surface area (TPSA) is 79.2 Å². The summed E-state index contributed by atoms with van der Waals surface area (Å²) >= 11 is 0. The minimum atomic E-state index is -0.575. The van der Waals surface area contributed by atoms with Gasteiger partial charge in [-0.1, -0.05) is 18.2 Å². The van der Waals surface area contributed by atoms with Crippen LogP contribution in [0.4, 0.5) is 4.79 Å². The molecule has 0 radical (unpaired) electrons. The van der Waals surface area contributed by atoms with Gasteiger partial charge < -0.3 is 24.6 Å². The smallest absolute Gasteiger partial charge is 0.410 e. The first-order valence-corrected chi connectivity index (χ1v) is 5.98. The summed E-state index contributed by atoms with van der Waals surface area (Å²) in [5.74, 6) is 0.667. The normalized spacial score (nSPS) is 10.1. The van der Waals surface area contributed by atoms with Gasteiger partial charge in [-0.15, -0.1) is 0 Å². The predicted octanol–water partition coefficient (Wildman–Crippen LogP) is 0.618. The van der Waals surface area contributed by atoms with Gasteiger partial charge in [0, 0.05) is 12.1 Å². The van der Waals surface area contributed by atoms with Crippen LogP contribution >= 0.6 is 0 Å². The molecular weight excluding hydrogens is 250 g/mol. The van der Waals surface area contributed by atoms with Gasteiger partial charge in [0.05, 0.1) is 26.9 Å². The van der Waals surface area contributed by atoms with Crippen molar-refractivity contribution in [2.24, 2.45) is 0 Å². The lowest BCUT2D eigenvalue weighted by molar-refractivity contribution is 0.0757. The van der Waals surface area contributed by atoms with Gasteiger partial charge >= 0.3 is 6.09 Å². The van der Waals surface area contributed by atoms with Crippen LogP contribution in [-0.4, -0.2) is 54.7 Å². The van der Waals surface area contributed by atoms with Gasteiger partial charge in [-0.05, 0) is 6.07 Å². The number of hydrogen-bond acceptors (Lipinski definition) is 5. The molecule has 0 aliphatic carbocycles. The molecule has 0 fully saturated rings. The number of rotatable bonds is 7. The lowest BCUT2D eigenvalue weighted by Crippen LogP contribution is -2.34. The molecule has 0 aromatic heterocycles. The Balaban J connectivity index is 2.74. The Hall–Kier alpha value is -1.79. The van der Waals surface area contributed by atoms with Gasteiger partial charge in [-0.3, -0.25) is 0 Å². The van der Waals surface area contributed by atoms with E-state index in [1.165, 1.54) is 4.90 Å². The molecule has 0 saturated heterocycles. The Bertz CT molecular complexity index is 396. The van der Waals surface area contributed by atoms with E-state index in [9.17, 15) is 4.79 Å². The zero-order valence-electron chi connectivity index (χ0n) is 10.9. The van der Waals surface area contributed by atoms with E-state index in [0.29, 0.717) is 5.75 Å². The van der Waals surface area contributed by atoms with Crippen LogP contribution in [0.15, 0.2) is 24.3 Å². The average molecular weight is 269 g/mol. The second-order valence-electron chi connectivity index (χ2n) is 3.79. The number of aliphatic hydroxyl groups excluding tert-OH is 2. The number of carbonyl (C=O) groups excluding carboxylic acids is 1. The van der Waals surface area contributed by atoms with E-state index in [1.807, 2.05) is 18.2 Å². The number of aliphatic hydroxyl groups is 2. The molecule has 0 unspecified atom stereocenters. The Morgan fingerprint density at radius 3 is 2.63 bits per heavy atom. The van der Waals surface area contributed by atoms with Crippen molar-refractivity contribution in [3.63, 3.8) is 0 Å². The SMILES string of the molecule is COc1ccccc1CN(CCO)C(=O)OCCO. The Labute approximate surface area is 112 Å². The molecule has 1 aromatic rings. The highest BCUT2D eigenvalue weighted by molar-refractivity contribution is 5.67. The number of nitrogens with zero attached hydrogens (tertiary/aromatic N) is 1. The summed E-state index contributed by atoms with van der Waals surface area (Å²) in [7, 11) is 1.55. The molecule has 1 amide bonds. The van der Waals surface area contributed by atoms with Crippen LogP contribution in [0.1, 0.15) is 5.56 Å². The van der Waals surface area contributed by atoms with Gasteiger partial charge in [0.25, 0.3) is 0 Å². The number of carbonyl (C=O) groups is 1. The minimum absolute atomic E-state index is 0.0628. The average Bonchev–Trinajstić information content (AvgIpc) is 2.44. The van der Waals surface area contributed by atoms with Crippen LogP contribution in [0.3, 0.4) is 0 Å². The van der Waals surface area contributed by atoms with Crippen LogP contribution in [-0.2, 0) is 11.3 Å². The third-order valence-electron chi connectivity index (χ3n) is 2.50. The Morgan fingerprint density at radius 1 is 1.26 bits per heavy atom. The first-order valence-electron chi connectivity index (χ1n) is 5.98. The molecule has 0 heterocycles. The third kappa shape index (κ3) is 4.76. The van der Waals surface area contributed by atoms with E-state index in [0.717, 1.165) is 5.56 Å². The fourth-order valence-electron chi connectivity index (χ4n) is 1.62. The molecule has 0 atom stereocenters. The van der Waals surface area contributed by atoms with Crippen molar-refractivity contribution >= 4 is 6.09 Å². The Morgan fingerprint density at radius 2 is 2.00 bits per heavy atom. The molecule has 0 aliphatic rings. The zero-order chi connectivity index (χ0) is 14.1. The van der Waals surface area contributed by atoms with Crippen molar-refractivity contribution < 1.29 is 24.5 Å². The largest absolute Gasteiger partial charge is 0.496 e. The van der Waals surface area contributed by atoms with Gasteiger partial charge in [0.1, 0.15) is 12.4 Å². The number of benzene rings is 1. The highest BCUT2D eigenvalue weighted by atomic mass is 16.6. The number of ether oxygens (including phenoxy) is 2. The van der Waals surface area contributed by atoms with E-state index >= 15 is 0 Å². The molecule has 1 aromatic carbocycles. The molecule has 1 rings (SSSR count). The highest BCUT2D eigenvalue weighted by Gasteiger charge is 2.16. The summed E-state index contributed by atoms with van der Waals surface area (Å²) in [4.78, 5) is 13.1. The van der Waals surface area contributed by atoms with Crippen molar-refractivity contribution in [1.82, 2.24) is 4.90 Å². The van der Waals surface area contributed by atoms with Gasteiger partial charge in [-0.25, -0.2) is 4.79 Å². The molecule has 0 saturated carbocycles. The van der Waals surface area contributed by atoms with Gasteiger partial charge in [-0.2, -0.15) is 0 Å². The zero-order valence-corrected chi connectivity index (χ0v) is 10.9. The second kappa shape index (κ2) is 8.34. The molecule has 6 nitrogen and oxygen atoms in total. The number of amides is 1. The summed E-state index contributed by atoms with van der Waals surface area (Å²) in [5.41, 5.74) is 0.819. The van der Waals surface area contributed by atoms with Crippen LogP contribution in [0.2, 0.25) is 0 Å². The van der Waals surface area contributed by atoms with Crippen molar-refractivity contribution in [3.8, 4) is 5.75 Å². The van der Waals surface area contributed by atoms with Crippen LogP contribution in [0.25, 0.3) is 0 Å². The standard InChI is InChI=1S/C13H19NO5/c1-18-12-5-3-2-4-11(12)10-14(6-7-15)13(17)19-9-8-16/h2-5,15-16H,6-10H2,1H3. The maximum absolute atomic E-state index is 11.7. The number of para-hydroxylation sites is 1. The van der Waals surface area contributed by atoms with E-state index in [-0.39, 0.29) is 32.9 Å². The molecule has 0 aliphatic heterocycles. The summed E-state index contributed by atoms with van der Waals surface area (Å²) in [6.07, 6.45) is -0.575. The maximum Gasteiger partial charge on any atom is 0.410 e. The fraction of sp³-hybridized carbons (Fsp3) is 0.462. The van der Waals surface area contributed by atoms with Crippen molar-refractivity contribution in [1.29, 1.82) is 0 Å². The van der Waals surface area contributed by atoms with Crippen molar-refractivity contribution in [3.05, 3.63) is 29.8 Å². The Kier molecular flexibility index (Phi) is 6.70. The molecular formula is C13H19NO5. The molecule has 2 N–H and O–H groups in total. The lowest BCUT2D eigenvalue weighted by atomic mass is 10.2. The lowest BCUT2D eigenvalue weighted by Gasteiger charge is -2.22. The summed E-state index contributed by atoms with van der Waals surface area (Å²) in [5, 5.41) is 17.6. The third-order valence-corrected chi connectivity index (χ3v) is 2.50. The van der Waals surface area contributed by atoms with Gasteiger partial charge in [0.15, 0.2) is 0 Å². The highest BCUT2D eigenvalue weighted by Crippen LogP contribution is 2.19. The second-order valence-corrected chi connectivity index (χ2v) is 3.79. The van der Waals surface area contributed by atoms with Gasteiger partial charge in [0.2, 0.25) is 0 Å². The number of methoxy groups -OCH3 is 1. The van der Waals surface area contributed by atoms with Crippen molar-refractivity contribution in [2.75, 3.05) is 33.5 Å². The molecule has 6 heteroatoms. The van der Waals surface area contributed by atoms with E-state index in [2.05, 4.69) is 0 Å². The van der Waals surface area contributed by atoms with Crippen LogP contribution < -0.4 is 4.74 Å². The predicted molar refractivity (Wildman–Crippen MR) is 68.9 cm³/mol. The first kappa shape index (κ1) is 15.3. The molecule has 0 bridgehead atoms. The maximum atomic E-state index is 11.7.